The van der Waals surface area contributed by atoms with Crippen LogP contribution in [-0.4, -0.2) is 36.0 Å². The third-order valence-corrected chi connectivity index (χ3v) is 5.61. The molecule has 0 aliphatic carbocycles. The van der Waals surface area contributed by atoms with Crippen LogP contribution in [0.15, 0.2) is 47.4 Å². The molecule has 0 unspecified atom stereocenters. The minimum Gasteiger partial charge on any atom is -0.497 e. The molecule has 1 aliphatic heterocycles. The van der Waals surface area contributed by atoms with Crippen LogP contribution in [0.25, 0.3) is 6.08 Å². The summed E-state index contributed by atoms with van der Waals surface area (Å²) in [7, 11) is 3.17. The molecule has 1 fully saturated rings. The van der Waals surface area contributed by atoms with E-state index in [0.717, 1.165) is 11.3 Å². The van der Waals surface area contributed by atoms with Crippen LogP contribution in [-0.2, 0) is 4.79 Å². The van der Waals surface area contributed by atoms with Crippen LogP contribution in [0.4, 0.5) is 5.69 Å². The van der Waals surface area contributed by atoms with E-state index in [1.54, 1.807) is 38.5 Å². The average molecular weight is 421 g/mol. The Kier molecular flexibility index (Phi) is 6.26. The molecule has 1 heterocycles. The summed E-state index contributed by atoms with van der Waals surface area (Å²) in [4.78, 5) is 14.8. The predicted octanol–water partition coefficient (Wildman–Crippen LogP) is 4.63. The van der Waals surface area contributed by atoms with Gasteiger partial charge in [-0.1, -0.05) is 47.7 Å². The summed E-state index contributed by atoms with van der Waals surface area (Å²) >= 11 is 12.8. The molecule has 1 aliphatic rings. The normalized spacial score (nSPS) is 15.4. The monoisotopic (exact) mass is 420 g/mol. The first-order valence-corrected chi connectivity index (χ1v) is 9.59. The molecule has 8 heteroatoms. The van der Waals surface area contributed by atoms with Crippen molar-refractivity contribution in [3.8, 4) is 11.5 Å². The number of carbonyl (C=O) groups excluding carboxylic acids is 1. The highest BCUT2D eigenvalue weighted by Gasteiger charge is 2.32. The maximum atomic E-state index is 12.8. The number of hydrogen-bond donors (Lipinski definition) is 1. The van der Waals surface area contributed by atoms with Gasteiger partial charge in [-0.2, -0.15) is 0 Å². The summed E-state index contributed by atoms with van der Waals surface area (Å²) in [5.41, 5.74) is 1.49. The molecule has 140 valence electrons. The fraction of sp³-hybridized carbons (Fsp3) is 0.158. The first-order chi connectivity index (χ1) is 13.0. The molecule has 0 radical (unpaired) electrons. The smallest absolute Gasteiger partial charge is 0.267 e. The van der Waals surface area contributed by atoms with Gasteiger partial charge in [-0.05, 0) is 36.4 Å². The Hall–Kier alpha value is -2.22. The van der Waals surface area contributed by atoms with Crippen molar-refractivity contribution in [2.75, 3.05) is 26.2 Å². The molecular formula is C19H17ClN2O3S2. The standard InChI is InChI=1S/C19H17ClN2O3S2/c1-24-13-7-8-16(25-2)12(9-13)10-17-18(23)22(19(26)27-17)11-21-15-6-4-3-5-14(15)20/h3-10,21H,11H2,1-2H3/b17-10+. The Balaban J connectivity index is 1.80. The molecule has 0 spiro atoms. The Morgan fingerprint density at radius 1 is 1.22 bits per heavy atom. The van der Waals surface area contributed by atoms with Gasteiger partial charge in [-0.25, -0.2) is 0 Å². The number of thioether (sulfide) groups is 1. The van der Waals surface area contributed by atoms with E-state index in [2.05, 4.69) is 5.32 Å². The summed E-state index contributed by atoms with van der Waals surface area (Å²) in [5, 5.41) is 3.72. The minimum atomic E-state index is -0.172. The lowest BCUT2D eigenvalue weighted by Gasteiger charge is -2.16. The summed E-state index contributed by atoms with van der Waals surface area (Å²) in [5.74, 6) is 1.16. The number of anilines is 1. The van der Waals surface area contributed by atoms with Crippen LogP contribution >= 0.6 is 35.6 Å². The molecule has 1 amide bonds. The third kappa shape index (κ3) is 4.37. The van der Waals surface area contributed by atoms with Crippen molar-refractivity contribution in [1.29, 1.82) is 0 Å². The second-order valence-electron chi connectivity index (χ2n) is 5.53. The van der Waals surface area contributed by atoms with E-state index in [1.807, 2.05) is 24.3 Å². The number of nitrogens with one attached hydrogen (secondary N) is 1. The maximum Gasteiger partial charge on any atom is 0.267 e. The summed E-state index contributed by atoms with van der Waals surface area (Å²) in [6.45, 7) is 0.237. The quantitative estimate of drug-likeness (QED) is 0.543. The van der Waals surface area contributed by atoms with Crippen LogP contribution in [0.1, 0.15) is 5.56 Å². The molecule has 3 rings (SSSR count). The van der Waals surface area contributed by atoms with Gasteiger partial charge in [0.1, 0.15) is 15.8 Å². The summed E-state index contributed by atoms with van der Waals surface area (Å²) in [6, 6.07) is 12.7. The van der Waals surface area contributed by atoms with Gasteiger partial charge < -0.3 is 14.8 Å². The zero-order valence-corrected chi connectivity index (χ0v) is 17.1. The lowest BCUT2D eigenvalue weighted by molar-refractivity contribution is -0.121. The predicted molar refractivity (Wildman–Crippen MR) is 114 cm³/mol. The highest BCUT2D eigenvalue weighted by molar-refractivity contribution is 8.26. The molecule has 2 aromatic carbocycles. The molecule has 0 bridgehead atoms. The van der Waals surface area contributed by atoms with Gasteiger partial charge in [0.2, 0.25) is 0 Å². The van der Waals surface area contributed by atoms with E-state index in [1.165, 1.54) is 16.7 Å². The number of para-hydroxylation sites is 1. The van der Waals surface area contributed by atoms with Gasteiger partial charge in [0.25, 0.3) is 5.91 Å². The van der Waals surface area contributed by atoms with Gasteiger partial charge in [0, 0.05) is 5.56 Å². The Bertz CT molecular complexity index is 918. The van der Waals surface area contributed by atoms with Crippen LogP contribution in [0.2, 0.25) is 5.02 Å². The summed E-state index contributed by atoms with van der Waals surface area (Å²) in [6.07, 6.45) is 1.76. The van der Waals surface area contributed by atoms with Crippen molar-refractivity contribution >= 4 is 57.6 Å². The van der Waals surface area contributed by atoms with Crippen molar-refractivity contribution < 1.29 is 14.3 Å². The number of hydrogen-bond acceptors (Lipinski definition) is 6. The molecule has 1 N–H and O–H groups in total. The van der Waals surface area contributed by atoms with Gasteiger partial charge in [-0.3, -0.25) is 9.69 Å². The van der Waals surface area contributed by atoms with E-state index < -0.39 is 0 Å². The van der Waals surface area contributed by atoms with E-state index in [-0.39, 0.29) is 12.6 Å². The van der Waals surface area contributed by atoms with Crippen molar-refractivity contribution in [3.05, 3.63) is 58.0 Å². The number of halogens is 1. The average Bonchev–Trinajstić information content (AvgIpc) is 2.94. The fourth-order valence-corrected chi connectivity index (χ4v) is 3.95. The lowest BCUT2D eigenvalue weighted by atomic mass is 10.1. The molecule has 27 heavy (non-hydrogen) atoms. The van der Waals surface area contributed by atoms with Gasteiger partial charge in [0.05, 0.1) is 36.5 Å². The Labute approximate surface area is 172 Å². The second kappa shape index (κ2) is 8.65. The lowest BCUT2D eigenvalue weighted by Crippen LogP contribution is -2.33. The second-order valence-corrected chi connectivity index (χ2v) is 7.62. The SMILES string of the molecule is COc1ccc(OC)c(/C=C2/SC(=S)N(CNc3ccccc3Cl)C2=O)c1. The van der Waals surface area contributed by atoms with E-state index >= 15 is 0 Å². The fourth-order valence-electron chi connectivity index (χ4n) is 2.50. The van der Waals surface area contributed by atoms with Crippen molar-refractivity contribution in [1.82, 2.24) is 4.90 Å². The third-order valence-electron chi connectivity index (χ3n) is 3.90. The van der Waals surface area contributed by atoms with Gasteiger partial charge in [-0.15, -0.1) is 0 Å². The molecule has 0 aromatic heterocycles. The van der Waals surface area contributed by atoms with Gasteiger partial charge in [0.15, 0.2) is 0 Å². The van der Waals surface area contributed by atoms with Crippen LogP contribution in [0.3, 0.4) is 0 Å². The number of thiocarbonyl (C=S) groups is 1. The summed E-state index contributed by atoms with van der Waals surface area (Å²) < 4.78 is 11.1. The number of rotatable bonds is 6. The molecular weight excluding hydrogens is 404 g/mol. The highest BCUT2D eigenvalue weighted by atomic mass is 35.5. The number of amides is 1. The largest absolute Gasteiger partial charge is 0.497 e. The van der Waals surface area contributed by atoms with Crippen LogP contribution in [0, 0.1) is 0 Å². The number of carbonyl (C=O) groups is 1. The number of methoxy groups -OCH3 is 2. The Morgan fingerprint density at radius 3 is 2.70 bits per heavy atom. The van der Waals surface area contributed by atoms with Crippen LogP contribution in [0.5, 0.6) is 11.5 Å². The zero-order valence-electron chi connectivity index (χ0n) is 14.7. The molecule has 0 atom stereocenters. The number of nitrogens with zero attached hydrogens (tertiary/aromatic N) is 1. The molecule has 1 saturated heterocycles. The zero-order chi connectivity index (χ0) is 19.4. The topological polar surface area (TPSA) is 50.8 Å². The van der Waals surface area contributed by atoms with Crippen molar-refractivity contribution in [3.63, 3.8) is 0 Å². The van der Waals surface area contributed by atoms with E-state index in [9.17, 15) is 4.79 Å². The van der Waals surface area contributed by atoms with E-state index in [4.69, 9.17) is 33.3 Å². The van der Waals surface area contributed by atoms with Crippen molar-refractivity contribution in [2.24, 2.45) is 0 Å². The first kappa shape index (κ1) is 19.5. The van der Waals surface area contributed by atoms with Gasteiger partial charge >= 0.3 is 0 Å². The first-order valence-electron chi connectivity index (χ1n) is 7.99. The number of benzene rings is 2. The minimum absolute atomic E-state index is 0.172. The molecule has 0 saturated carbocycles. The van der Waals surface area contributed by atoms with Crippen molar-refractivity contribution in [2.45, 2.75) is 0 Å². The molecule has 2 aromatic rings. The molecule has 5 nitrogen and oxygen atoms in total. The number of ether oxygens (including phenoxy) is 2. The maximum absolute atomic E-state index is 12.8. The van der Waals surface area contributed by atoms with Crippen LogP contribution < -0.4 is 14.8 Å². The highest BCUT2D eigenvalue weighted by Crippen LogP contribution is 2.35. The van der Waals surface area contributed by atoms with E-state index in [0.29, 0.717) is 25.7 Å². The Morgan fingerprint density at radius 2 is 2.00 bits per heavy atom.